The van der Waals surface area contributed by atoms with Gasteiger partial charge in [0.1, 0.15) is 5.82 Å². The van der Waals surface area contributed by atoms with Gasteiger partial charge in [0.25, 0.3) is 0 Å². The van der Waals surface area contributed by atoms with E-state index in [1.165, 1.54) is 11.3 Å². The standard InChI is InChI=1S/C9H6FIS/c1-5-9(10)8-6(11)3-2-4-7(8)12-5/h2-4H,1H3. The summed E-state index contributed by atoms with van der Waals surface area (Å²) in [5.74, 6) is -0.0556. The lowest BCUT2D eigenvalue weighted by Crippen LogP contribution is -1.76. The first-order valence-corrected chi connectivity index (χ1v) is 5.43. The summed E-state index contributed by atoms with van der Waals surface area (Å²) >= 11 is 3.68. The average Bonchev–Trinajstić information content (AvgIpc) is 2.29. The minimum atomic E-state index is -0.0556. The van der Waals surface area contributed by atoms with Gasteiger partial charge in [-0.3, -0.25) is 0 Å². The van der Waals surface area contributed by atoms with E-state index < -0.39 is 0 Å². The molecule has 0 atom stereocenters. The van der Waals surface area contributed by atoms with Gasteiger partial charge in [-0.1, -0.05) is 6.07 Å². The molecule has 0 aliphatic carbocycles. The van der Waals surface area contributed by atoms with Crippen molar-refractivity contribution in [2.45, 2.75) is 6.92 Å². The molecule has 0 N–H and O–H groups in total. The van der Waals surface area contributed by atoms with Crippen molar-refractivity contribution >= 4 is 44.0 Å². The van der Waals surface area contributed by atoms with Crippen molar-refractivity contribution in [3.63, 3.8) is 0 Å². The van der Waals surface area contributed by atoms with E-state index in [9.17, 15) is 4.39 Å². The van der Waals surface area contributed by atoms with Crippen molar-refractivity contribution in [1.29, 1.82) is 0 Å². The lowest BCUT2D eigenvalue weighted by Gasteiger charge is -1.92. The fourth-order valence-electron chi connectivity index (χ4n) is 1.19. The number of hydrogen-bond acceptors (Lipinski definition) is 1. The van der Waals surface area contributed by atoms with Gasteiger partial charge in [0.2, 0.25) is 0 Å². The Morgan fingerprint density at radius 1 is 1.42 bits per heavy atom. The highest BCUT2D eigenvalue weighted by atomic mass is 127. The molecule has 1 aromatic carbocycles. The van der Waals surface area contributed by atoms with Crippen molar-refractivity contribution in [3.05, 3.63) is 32.5 Å². The van der Waals surface area contributed by atoms with E-state index in [-0.39, 0.29) is 5.82 Å². The first-order valence-electron chi connectivity index (χ1n) is 3.53. The molecule has 0 saturated heterocycles. The molecule has 1 heterocycles. The Morgan fingerprint density at radius 2 is 2.17 bits per heavy atom. The van der Waals surface area contributed by atoms with E-state index in [1.807, 2.05) is 25.1 Å². The van der Waals surface area contributed by atoms with Crippen LogP contribution in [0.5, 0.6) is 0 Å². The lowest BCUT2D eigenvalue weighted by molar-refractivity contribution is 0.636. The number of rotatable bonds is 0. The average molecular weight is 292 g/mol. The maximum absolute atomic E-state index is 13.4. The normalized spacial score (nSPS) is 10.9. The Labute approximate surface area is 87.5 Å². The summed E-state index contributed by atoms with van der Waals surface area (Å²) in [5, 5.41) is 0.778. The molecule has 0 saturated carbocycles. The molecule has 0 spiro atoms. The molecular formula is C9H6FIS. The molecule has 0 aliphatic heterocycles. The van der Waals surface area contributed by atoms with Crippen LogP contribution in [-0.2, 0) is 0 Å². The van der Waals surface area contributed by atoms with E-state index in [0.717, 1.165) is 18.5 Å². The molecular weight excluding hydrogens is 286 g/mol. The molecule has 0 amide bonds. The molecule has 0 unspecified atom stereocenters. The number of aryl methyl sites for hydroxylation is 1. The number of thiophene rings is 1. The van der Waals surface area contributed by atoms with Crippen LogP contribution >= 0.6 is 33.9 Å². The number of benzene rings is 1. The Balaban J connectivity index is 2.97. The van der Waals surface area contributed by atoms with E-state index in [1.54, 1.807) is 0 Å². The summed E-state index contributed by atoms with van der Waals surface area (Å²) in [6, 6.07) is 5.84. The maximum Gasteiger partial charge on any atom is 0.145 e. The Hall–Kier alpha value is -0.160. The summed E-state index contributed by atoms with van der Waals surface area (Å²) in [4.78, 5) is 0.772. The fraction of sp³-hybridized carbons (Fsp3) is 0.111. The van der Waals surface area contributed by atoms with Crippen LogP contribution in [-0.4, -0.2) is 0 Å². The largest absolute Gasteiger partial charge is 0.205 e. The van der Waals surface area contributed by atoms with Crippen molar-refractivity contribution in [1.82, 2.24) is 0 Å². The van der Waals surface area contributed by atoms with Crippen LogP contribution in [0.2, 0.25) is 0 Å². The summed E-state index contributed by atoms with van der Waals surface area (Å²) < 4.78 is 15.5. The van der Waals surface area contributed by atoms with Crippen LogP contribution in [0.4, 0.5) is 4.39 Å². The summed E-state index contributed by atoms with van der Waals surface area (Å²) in [5.41, 5.74) is 0. The quantitative estimate of drug-likeness (QED) is 0.645. The second-order valence-electron chi connectivity index (χ2n) is 2.59. The molecule has 0 aliphatic rings. The minimum absolute atomic E-state index is 0.0556. The predicted molar refractivity (Wildman–Crippen MR) is 59.2 cm³/mol. The maximum atomic E-state index is 13.4. The topological polar surface area (TPSA) is 0 Å². The third-order valence-corrected chi connectivity index (χ3v) is 3.71. The van der Waals surface area contributed by atoms with Gasteiger partial charge in [-0.2, -0.15) is 0 Å². The molecule has 1 aromatic heterocycles. The van der Waals surface area contributed by atoms with Gasteiger partial charge in [0, 0.05) is 18.5 Å². The van der Waals surface area contributed by atoms with E-state index in [2.05, 4.69) is 22.6 Å². The SMILES string of the molecule is Cc1sc2cccc(I)c2c1F. The Kier molecular flexibility index (Phi) is 2.08. The Bertz CT molecular complexity index is 433. The molecule has 12 heavy (non-hydrogen) atoms. The van der Waals surface area contributed by atoms with E-state index >= 15 is 0 Å². The molecule has 62 valence electrons. The third-order valence-electron chi connectivity index (χ3n) is 1.77. The monoisotopic (exact) mass is 292 g/mol. The highest BCUT2D eigenvalue weighted by Crippen LogP contribution is 2.32. The summed E-state index contributed by atoms with van der Waals surface area (Å²) in [6.45, 7) is 1.82. The van der Waals surface area contributed by atoms with Crippen molar-refractivity contribution < 1.29 is 4.39 Å². The molecule has 0 fully saturated rings. The van der Waals surface area contributed by atoms with Crippen molar-refractivity contribution in [2.24, 2.45) is 0 Å². The second kappa shape index (κ2) is 2.96. The molecule has 2 rings (SSSR count). The number of hydrogen-bond donors (Lipinski definition) is 0. The van der Waals surface area contributed by atoms with Gasteiger partial charge >= 0.3 is 0 Å². The second-order valence-corrected chi connectivity index (χ2v) is 5.00. The van der Waals surface area contributed by atoms with Gasteiger partial charge in [-0.25, -0.2) is 4.39 Å². The first-order chi connectivity index (χ1) is 5.70. The van der Waals surface area contributed by atoms with Gasteiger partial charge in [0.15, 0.2) is 0 Å². The predicted octanol–water partition coefficient (Wildman–Crippen LogP) is 3.95. The van der Waals surface area contributed by atoms with E-state index in [0.29, 0.717) is 0 Å². The van der Waals surface area contributed by atoms with Crippen LogP contribution in [0.3, 0.4) is 0 Å². The molecule has 0 radical (unpaired) electrons. The van der Waals surface area contributed by atoms with Crippen molar-refractivity contribution in [2.75, 3.05) is 0 Å². The molecule has 2 aromatic rings. The highest BCUT2D eigenvalue weighted by Gasteiger charge is 2.09. The smallest absolute Gasteiger partial charge is 0.145 e. The van der Waals surface area contributed by atoms with Crippen LogP contribution in [0.25, 0.3) is 10.1 Å². The lowest BCUT2D eigenvalue weighted by atomic mass is 10.2. The number of fused-ring (bicyclic) bond motifs is 1. The highest BCUT2D eigenvalue weighted by molar-refractivity contribution is 14.1. The summed E-state index contributed by atoms with van der Waals surface area (Å²) in [7, 11) is 0. The molecule has 3 heteroatoms. The fourth-order valence-corrected chi connectivity index (χ4v) is 3.08. The van der Waals surface area contributed by atoms with Crippen LogP contribution in [0.15, 0.2) is 18.2 Å². The van der Waals surface area contributed by atoms with Gasteiger partial charge in [-0.05, 0) is 41.6 Å². The van der Waals surface area contributed by atoms with Crippen LogP contribution in [0.1, 0.15) is 4.88 Å². The van der Waals surface area contributed by atoms with Gasteiger partial charge in [-0.15, -0.1) is 11.3 Å². The van der Waals surface area contributed by atoms with Gasteiger partial charge < -0.3 is 0 Å². The number of halogens is 2. The zero-order valence-electron chi connectivity index (χ0n) is 6.40. The molecule has 0 nitrogen and oxygen atoms in total. The zero-order chi connectivity index (χ0) is 8.72. The van der Waals surface area contributed by atoms with Crippen LogP contribution < -0.4 is 0 Å². The molecule has 0 bridgehead atoms. The third kappa shape index (κ3) is 1.15. The zero-order valence-corrected chi connectivity index (χ0v) is 9.37. The van der Waals surface area contributed by atoms with E-state index in [4.69, 9.17) is 0 Å². The van der Waals surface area contributed by atoms with Gasteiger partial charge in [0.05, 0.1) is 0 Å². The summed E-state index contributed by atoms with van der Waals surface area (Å²) in [6.07, 6.45) is 0. The first kappa shape index (κ1) is 8.44. The minimum Gasteiger partial charge on any atom is -0.205 e. The van der Waals surface area contributed by atoms with Crippen LogP contribution in [0, 0.1) is 16.3 Å². The Morgan fingerprint density at radius 3 is 2.83 bits per heavy atom. The van der Waals surface area contributed by atoms with Crippen molar-refractivity contribution in [3.8, 4) is 0 Å².